The lowest BCUT2D eigenvalue weighted by Crippen LogP contribution is -2.54. The Morgan fingerprint density at radius 3 is 1.91 bits per heavy atom. The number of carbonyl (C=O) groups excluding carboxylic acids is 3. The highest BCUT2D eigenvalue weighted by molar-refractivity contribution is 6.02. The SMILES string of the molecule is Cc1ccc(C(=O)[C@@H](NC(=O)[C@H](Cc2ccccc2)NC(=O)OCc2ccccc2)C(C)C)cc1. The smallest absolute Gasteiger partial charge is 0.408 e. The average molecular weight is 473 g/mol. The highest BCUT2D eigenvalue weighted by Gasteiger charge is 2.29. The number of rotatable bonds is 10. The normalized spacial score (nSPS) is 12.5. The summed E-state index contributed by atoms with van der Waals surface area (Å²) < 4.78 is 5.33. The Labute approximate surface area is 206 Å². The van der Waals surface area contributed by atoms with Crippen LogP contribution in [0, 0.1) is 12.8 Å². The van der Waals surface area contributed by atoms with Crippen LogP contribution in [0.4, 0.5) is 4.79 Å². The van der Waals surface area contributed by atoms with Gasteiger partial charge in [-0.1, -0.05) is 104 Å². The molecule has 0 heterocycles. The minimum atomic E-state index is -0.909. The number of hydrogen-bond acceptors (Lipinski definition) is 4. The van der Waals surface area contributed by atoms with Crippen LogP contribution in [0.3, 0.4) is 0 Å². The summed E-state index contributed by atoms with van der Waals surface area (Å²) in [6, 6.07) is 24.3. The molecule has 0 unspecified atom stereocenters. The molecule has 2 N–H and O–H groups in total. The lowest BCUT2D eigenvalue weighted by molar-refractivity contribution is -0.123. The van der Waals surface area contributed by atoms with Crippen molar-refractivity contribution in [2.24, 2.45) is 5.92 Å². The van der Waals surface area contributed by atoms with Crippen molar-refractivity contribution < 1.29 is 19.1 Å². The van der Waals surface area contributed by atoms with E-state index in [2.05, 4.69) is 10.6 Å². The standard InChI is InChI=1S/C29H32N2O4/c1-20(2)26(27(32)24-16-14-21(3)15-17-24)31-28(33)25(18-22-10-6-4-7-11-22)30-29(34)35-19-23-12-8-5-9-13-23/h4-17,20,25-26H,18-19H2,1-3H3,(H,30,34)(H,31,33)/t25-,26-/m0/s1. The number of amides is 2. The molecule has 0 aliphatic heterocycles. The first-order valence-corrected chi connectivity index (χ1v) is 11.8. The van der Waals surface area contributed by atoms with Crippen molar-refractivity contribution >= 4 is 17.8 Å². The van der Waals surface area contributed by atoms with Crippen LogP contribution in [0.15, 0.2) is 84.9 Å². The molecule has 0 spiro atoms. The van der Waals surface area contributed by atoms with E-state index in [4.69, 9.17) is 4.74 Å². The van der Waals surface area contributed by atoms with Gasteiger partial charge in [-0.15, -0.1) is 0 Å². The number of ketones is 1. The fourth-order valence-corrected chi connectivity index (χ4v) is 3.65. The van der Waals surface area contributed by atoms with Gasteiger partial charge in [0.05, 0.1) is 6.04 Å². The summed E-state index contributed by atoms with van der Waals surface area (Å²) in [5.41, 5.74) is 3.30. The second-order valence-corrected chi connectivity index (χ2v) is 8.91. The lowest BCUT2D eigenvalue weighted by Gasteiger charge is -2.25. The first kappa shape index (κ1) is 25.7. The molecular formula is C29H32N2O4. The zero-order valence-corrected chi connectivity index (χ0v) is 20.4. The van der Waals surface area contributed by atoms with Gasteiger partial charge in [-0.05, 0) is 24.0 Å². The second-order valence-electron chi connectivity index (χ2n) is 8.91. The van der Waals surface area contributed by atoms with Gasteiger partial charge in [0.25, 0.3) is 0 Å². The lowest BCUT2D eigenvalue weighted by atomic mass is 9.94. The number of alkyl carbamates (subject to hydrolysis) is 1. The van der Waals surface area contributed by atoms with Crippen LogP contribution in [0.1, 0.15) is 40.9 Å². The summed E-state index contributed by atoms with van der Waals surface area (Å²) in [6.07, 6.45) is -0.438. The zero-order valence-electron chi connectivity index (χ0n) is 20.4. The van der Waals surface area contributed by atoms with E-state index in [1.54, 1.807) is 12.1 Å². The van der Waals surface area contributed by atoms with Crippen molar-refractivity contribution in [3.8, 4) is 0 Å². The molecule has 6 heteroatoms. The molecular weight excluding hydrogens is 440 g/mol. The molecule has 0 aliphatic carbocycles. The van der Waals surface area contributed by atoms with Gasteiger partial charge in [-0.3, -0.25) is 9.59 Å². The summed E-state index contributed by atoms with van der Waals surface area (Å²) >= 11 is 0. The van der Waals surface area contributed by atoms with E-state index in [1.807, 2.05) is 93.6 Å². The highest BCUT2D eigenvalue weighted by atomic mass is 16.5. The largest absolute Gasteiger partial charge is 0.445 e. The Hall–Kier alpha value is -3.93. The third kappa shape index (κ3) is 7.81. The van der Waals surface area contributed by atoms with Gasteiger partial charge in [0.2, 0.25) is 5.91 Å². The maximum atomic E-state index is 13.3. The monoisotopic (exact) mass is 472 g/mol. The van der Waals surface area contributed by atoms with Gasteiger partial charge < -0.3 is 15.4 Å². The quantitative estimate of drug-likeness (QED) is 0.413. The van der Waals surface area contributed by atoms with Gasteiger partial charge in [-0.2, -0.15) is 0 Å². The van der Waals surface area contributed by atoms with E-state index >= 15 is 0 Å². The topological polar surface area (TPSA) is 84.5 Å². The fourth-order valence-electron chi connectivity index (χ4n) is 3.65. The molecule has 0 aromatic heterocycles. The van der Waals surface area contributed by atoms with Crippen LogP contribution in [0.5, 0.6) is 0 Å². The van der Waals surface area contributed by atoms with E-state index in [0.29, 0.717) is 5.56 Å². The van der Waals surface area contributed by atoms with E-state index < -0.39 is 24.1 Å². The molecule has 3 aromatic carbocycles. The first-order chi connectivity index (χ1) is 16.8. The minimum Gasteiger partial charge on any atom is -0.445 e. The Bertz CT molecular complexity index is 1110. The second kappa shape index (κ2) is 12.5. The van der Waals surface area contributed by atoms with Crippen LogP contribution in [-0.2, 0) is 22.6 Å². The number of benzene rings is 3. The third-order valence-electron chi connectivity index (χ3n) is 5.69. The Kier molecular flexibility index (Phi) is 9.18. The third-order valence-corrected chi connectivity index (χ3v) is 5.69. The first-order valence-electron chi connectivity index (χ1n) is 11.8. The maximum absolute atomic E-state index is 13.3. The van der Waals surface area contributed by atoms with Gasteiger partial charge in [0.15, 0.2) is 5.78 Å². The molecule has 0 fully saturated rings. The number of hydrogen-bond donors (Lipinski definition) is 2. The van der Waals surface area contributed by atoms with Crippen molar-refractivity contribution in [2.45, 2.75) is 45.9 Å². The number of aryl methyl sites for hydroxylation is 1. The molecule has 182 valence electrons. The highest BCUT2D eigenvalue weighted by Crippen LogP contribution is 2.13. The van der Waals surface area contributed by atoms with Crippen LogP contribution in [0.25, 0.3) is 0 Å². The summed E-state index contributed by atoms with van der Waals surface area (Å²) in [5, 5.41) is 5.55. The van der Waals surface area contributed by atoms with Crippen molar-refractivity contribution in [2.75, 3.05) is 0 Å². The van der Waals surface area contributed by atoms with Crippen molar-refractivity contribution in [1.29, 1.82) is 0 Å². The fraction of sp³-hybridized carbons (Fsp3) is 0.276. The molecule has 6 nitrogen and oxygen atoms in total. The zero-order chi connectivity index (χ0) is 25.2. The molecule has 0 bridgehead atoms. The molecule has 35 heavy (non-hydrogen) atoms. The molecule has 0 saturated heterocycles. The Balaban J connectivity index is 1.73. The molecule has 3 rings (SSSR count). The maximum Gasteiger partial charge on any atom is 0.408 e. The average Bonchev–Trinajstić information content (AvgIpc) is 2.86. The van der Waals surface area contributed by atoms with Crippen molar-refractivity contribution in [3.05, 3.63) is 107 Å². The number of Topliss-reactive ketones (excluding diaryl/α,β-unsaturated/α-hetero) is 1. The Morgan fingerprint density at radius 2 is 1.34 bits per heavy atom. The van der Waals surface area contributed by atoms with E-state index in [0.717, 1.165) is 16.7 Å². The molecule has 0 radical (unpaired) electrons. The van der Waals surface area contributed by atoms with Crippen LogP contribution < -0.4 is 10.6 Å². The summed E-state index contributed by atoms with van der Waals surface area (Å²) in [6.45, 7) is 5.80. The van der Waals surface area contributed by atoms with E-state index in [1.165, 1.54) is 0 Å². The minimum absolute atomic E-state index is 0.0902. The molecule has 0 saturated carbocycles. The van der Waals surface area contributed by atoms with Crippen LogP contribution in [0.2, 0.25) is 0 Å². The van der Waals surface area contributed by atoms with Crippen molar-refractivity contribution in [1.82, 2.24) is 10.6 Å². The van der Waals surface area contributed by atoms with Gasteiger partial charge in [0, 0.05) is 12.0 Å². The summed E-state index contributed by atoms with van der Waals surface area (Å²) in [4.78, 5) is 39.0. The number of ether oxygens (including phenoxy) is 1. The predicted octanol–water partition coefficient (Wildman–Crippen LogP) is 4.86. The molecule has 0 aliphatic rings. The van der Waals surface area contributed by atoms with Crippen LogP contribution in [-0.4, -0.2) is 29.9 Å². The molecule has 2 atom stereocenters. The van der Waals surface area contributed by atoms with Crippen LogP contribution >= 0.6 is 0 Å². The Morgan fingerprint density at radius 1 is 0.771 bits per heavy atom. The predicted molar refractivity (Wildman–Crippen MR) is 136 cm³/mol. The van der Waals surface area contributed by atoms with Gasteiger partial charge >= 0.3 is 6.09 Å². The molecule has 2 amide bonds. The van der Waals surface area contributed by atoms with E-state index in [9.17, 15) is 14.4 Å². The summed E-state index contributed by atoms with van der Waals surface area (Å²) in [5.74, 6) is -0.752. The number of carbonyl (C=O) groups is 3. The van der Waals surface area contributed by atoms with Gasteiger partial charge in [-0.25, -0.2) is 4.79 Å². The van der Waals surface area contributed by atoms with Gasteiger partial charge in [0.1, 0.15) is 12.6 Å². The van der Waals surface area contributed by atoms with Crippen molar-refractivity contribution in [3.63, 3.8) is 0 Å². The number of nitrogens with one attached hydrogen (secondary N) is 2. The van der Waals surface area contributed by atoms with E-state index in [-0.39, 0.29) is 24.7 Å². The molecule has 3 aromatic rings. The summed E-state index contributed by atoms with van der Waals surface area (Å²) in [7, 11) is 0.